The fourth-order valence-electron chi connectivity index (χ4n) is 0. The van der Waals surface area contributed by atoms with Gasteiger partial charge in [0.25, 0.3) is 0 Å². The largest absolute Gasteiger partial charge is 1.00 e. The Morgan fingerprint density at radius 3 is 0.857 bits per heavy atom. The summed E-state index contributed by atoms with van der Waals surface area (Å²) in [6.07, 6.45) is 0. The van der Waals surface area contributed by atoms with Crippen molar-refractivity contribution in [1.29, 1.82) is 0 Å². The van der Waals surface area contributed by atoms with Gasteiger partial charge in [-0.05, 0) is 0 Å². The summed E-state index contributed by atoms with van der Waals surface area (Å²) in [6.45, 7) is 0. The Kier molecular flexibility index (Phi) is 12.1. The molecule has 7 heavy (non-hydrogen) atoms. The minimum atomic E-state index is 0. The first-order valence-electron chi connectivity index (χ1n) is 1.79. The standard InChI is InChI=1S/C4H12N.ClH.Na/c1-5(2,3)4;;/h1-4H3;1H;/q+1;;+1/p-1. The molecule has 40 valence electrons. The number of hydrogen-bond donors (Lipinski definition) is 0. The second kappa shape index (κ2) is 5.39. The van der Waals surface area contributed by atoms with Crippen molar-refractivity contribution in [3.8, 4) is 0 Å². The molecule has 0 saturated heterocycles. The minimum Gasteiger partial charge on any atom is -1.00 e. The summed E-state index contributed by atoms with van der Waals surface area (Å²) >= 11 is 0. The van der Waals surface area contributed by atoms with Crippen molar-refractivity contribution >= 4 is 0 Å². The Hall–Kier alpha value is 1.25. The minimum absolute atomic E-state index is 0. The molecule has 0 N–H and O–H groups in total. The Labute approximate surface area is 74.4 Å². The second-order valence-corrected chi connectivity index (χ2v) is 2.68. The van der Waals surface area contributed by atoms with Crippen LogP contribution in [0.5, 0.6) is 0 Å². The van der Waals surface area contributed by atoms with E-state index in [4.69, 9.17) is 0 Å². The summed E-state index contributed by atoms with van der Waals surface area (Å²) in [5.41, 5.74) is 0. The molecule has 0 atom stereocenters. The first-order valence-corrected chi connectivity index (χ1v) is 1.79. The summed E-state index contributed by atoms with van der Waals surface area (Å²) < 4.78 is 1.00. The van der Waals surface area contributed by atoms with E-state index < -0.39 is 0 Å². The smallest absolute Gasteiger partial charge is 1.00 e. The summed E-state index contributed by atoms with van der Waals surface area (Å²) in [6, 6.07) is 0. The van der Waals surface area contributed by atoms with Crippen molar-refractivity contribution < 1.29 is 46.4 Å². The van der Waals surface area contributed by atoms with Crippen LogP contribution in [-0.4, -0.2) is 32.7 Å². The molecule has 0 rings (SSSR count). The van der Waals surface area contributed by atoms with Crippen molar-refractivity contribution in [1.82, 2.24) is 0 Å². The van der Waals surface area contributed by atoms with Crippen molar-refractivity contribution in [2.75, 3.05) is 28.2 Å². The van der Waals surface area contributed by atoms with Gasteiger partial charge in [-0.1, -0.05) is 0 Å². The molecule has 0 spiro atoms. The topological polar surface area (TPSA) is 0 Å². The fraction of sp³-hybridized carbons (Fsp3) is 1.00. The molecule has 0 radical (unpaired) electrons. The van der Waals surface area contributed by atoms with Gasteiger partial charge in [0, 0.05) is 0 Å². The van der Waals surface area contributed by atoms with Crippen molar-refractivity contribution in [3.05, 3.63) is 0 Å². The molecule has 3 heteroatoms. The molecule has 0 aliphatic rings. The molecular weight excluding hydrogens is 120 g/mol. The van der Waals surface area contributed by atoms with Gasteiger partial charge in [-0.3, -0.25) is 0 Å². The van der Waals surface area contributed by atoms with E-state index >= 15 is 0 Å². The molecule has 0 fully saturated rings. The molecule has 0 aromatic heterocycles. The molecule has 0 aromatic rings. The number of quaternary nitrogens is 1. The third kappa shape index (κ3) is 128. The summed E-state index contributed by atoms with van der Waals surface area (Å²) in [7, 11) is 8.50. The molecule has 1 nitrogen and oxygen atoms in total. The van der Waals surface area contributed by atoms with Crippen LogP contribution in [0.1, 0.15) is 0 Å². The van der Waals surface area contributed by atoms with E-state index in [0.29, 0.717) is 0 Å². The third-order valence-corrected chi connectivity index (χ3v) is 0. The molecule has 0 aliphatic carbocycles. The van der Waals surface area contributed by atoms with Crippen molar-refractivity contribution in [2.24, 2.45) is 0 Å². The van der Waals surface area contributed by atoms with Gasteiger partial charge in [0.05, 0.1) is 28.2 Å². The maximum atomic E-state index is 2.12. The zero-order valence-electron chi connectivity index (χ0n) is 5.83. The zero-order valence-corrected chi connectivity index (χ0v) is 8.58. The Balaban J connectivity index is -0.0000000800. The summed E-state index contributed by atoms with van der Waals surface area (Å²) in [5.74, 6) is 0. The van der Waals surface area contributed by atoms with Gasteiger partial charge in [-0.15, -0.1) is 0 Å². The summed E-state index contributed by atoms with van der Waals surface area (Å²) in [5, 5.41) is 0. The van der Waals surface area contributed by atoms with E-state index in [1.54, 1.807) is 0 Å². The average Bonchev–Trinajstić information content (AvgIpc) is 0.722. The quantitative estimate of drug-likeness (QED) is 0.228. The molecule has 0 amide bonds. The van der Waals surface area contributed by atoms with Crippen LogP contribution >= 0.6 is 0 Å². The SMILES string of the molecule is C[N+](C)(C)C.[Cl-].[Na+]. The number of rotatable bonds is 0. The van der Waals surface area contributed by atoms with Crippen molar-refractivity contribution in [2.45, 2.75) is 0 Å². The predicted molar refractivity (Wildman–Crippen MR) is 24.0 cm³/mol. The van der Waals surface area contributed by atoms with E-state index in [1.807, 2.05) is 0 Å². The molecular formula is C4H12ClNNa+. The second-order valence-electron chi connectivity index (χ2n) is 2.68. The molecule has 0 saturated carbocycles. The van der Waals surface area contributed by atoms with Gasteiger partial charge < -0.3 is 16.9 Å². The molecule has 0 aromatic carbocycles. The van der Waals surface area contributed by atoms with Gasteiger partial charge in [0.15, 0.2) is 0 Å². The maximum absolute atomic E-state index is 2.12. The van der Waals surface area contributed by atoms with Crippen LogP contribution < -0.4 is 42.0 Å². The molecule has 0 bridgehead atoms. The monoisotopic (exact) mass is 132 g/mol. The van der Waals surface area contributed by atoms with Crippen LogP contribution in [0.25, 0.3) is 0 Å². The van der Waals surface area contributed by atoms with E-state index in [2.05, 4.69) is 28.2 Å². The normalized spacial score (nSPS) is 8.57. The first kappa shape index (κ1) is 15.7. The molecule has 0 aliphatic heterocycles. The average molecular weight is 133 g/mol. The van der Waals surface area contributed by atoms with Crippen molar-refractivity contribution in [3.63, 3.8) is 0 Å². The predicted octanol–water partition coefficient (Wildman–Crippen LogP) is -5.67. The Morgan fingerprint density at radius 1 is 0.857 bits per heavy atom. The van der Waals surface area contributed by atoms with Crippen LogP contribution in [-0.2, 0) is 0 Å². The van der Waals surface area contributed by atoms with Crippen LogP contribution in [0, 0.1) is 0 Å². The van der Waals surface area contributed by atoms with E-state index in [9.17, 15) is 0 Å². The van der Waals surface area contributed by atoms with Gasteiger partial charge in [-0.25, -0.2) is 0 Å². The van der Waals surface area contributed by atoms with Gasteiger partial charge in [0.2, 0.25) is 0 Å². The van der Waals surface area contributed by atoms with Crippen LogP contribution in [0.4, 0.5) is 0 Å². The third-order valence-electron chi connectivity index (χ3n) is 0. The van der Waals surface area contributed by atoms with Gasteiger partial charge >= 0.3 is 29.6 Å². The summed E-state index contributed by atoms with van der Waals surface area (Å²) in [4.78, 5) is 0. The van der Waals surface area contributed by atoms with E-state index in [1.165, 1.54) is 0 Å². The Morgan fingerprint density at radius 2 is 0.857 bits per heavy atom. The Bertz CT molecular complexity index is 27.2. The van der Waals surface area contributed by atoms with E-state index in [-0.39, 0.29) is 42.0 Å². The van der Waals surface area contributed by atoms with Crippen LogP contribution in [0.15, 0.2) is 0 Å². The van der Waals surface area contributed by atoms with E-state index in [0.717, 1.165) is 4.48 Å². The first-order chi connectivity index (χ1) is 2.00. The van der Waals surface area contributed by atoms with Crippen LogP contribution in [0.2, 0.25) is 0 Å². The van der Waals surface area contributed by atoms with Crippen LogP contribution in [0.3, 0.4) is 0 Å². The maximum Gasteiger partial charge on any atom is 1.00 e. The molecule has 0 unspecified atom stereocenters. The zero-order chi connectivity index (χ0) is 4.50. The number of nitrogens with zero attached hydrogens (tertiary/aromatic N) is 1. The van der Waals surface area contributed by atoms with Gasteiger partial charge in [-0.2, -0.15) is 0 Å². The van der Waals surface area contributed by atoms with Gasteiger partial charge in [0.1, 0.15) is 0 Å². The fourth-order valence-corrected chi connectivity index (χ4v) is 0. The molecule has 0 heterocycles. The number of halogens is 1. The number of hydrogen-bond acceptors (Lipinski definition) is 0.